The number of carbonyl (C=O) groups excluding carboxylic acids is 4. The van der Waals surface area contributed by atoms with Crippen molar-refractivity contribution in [1.82, 2.24) is 54.4 Å². The SMILES string of the molecule is CC1C=C1.CNc1ccnn1C.COc1ccccc1-c1cc(C2=CCCN(C(=O)CCN)C2)c(F)c2[nH]c(C=O)cc12.COc1ccccc1-c1cc(C2=CCCN(C(=O)CCn3ccnn3)C2)c(F)c2[nH]c(C(=O)N3CC(Oc4cccnc4)C3)cc12. The van der Waals surface area contributed by atoms with Crippen molar-refractivity contribution < 1.29 is 42.2 Å². The van der Waals surface area contributed by atoms with Crippen molar-refractivity contribution in [2.75, 3.05) is 72.4 Å². The molecule has 1 saturated heterocycles. The number of allylic oxidation sites excluding steroid dienone is 2. The molecule has 5 N–H and O–H groups in total. The molecule has 1 fully saturated rings. The summed E-state index contributed by atoms with van der Waals surface area (Å²) in [6.07, 6.45) is 18.9. The molecule has 0 radical (unpaired) electrons. The Labute approximate surface area is 513 Å². The number of carbonyl (C=O) groups is 4. The van der Waals surface area contributed by atoms with Gasteiger partial charge in [0, 0.05) is 111 Å². The van der Waals surface area contributed by atoms with Crippen molar-refractivity contribution in [3.63, 3.8) is 0 Å². The summed E-state index contributed by atoms with van der Waals surface area (Å²) >= 11 is 0. The Bertz CT molecular complexity index is 4070. The molecular weight excluding hydrogens is 1140 g/mol. The Morgan fingerprint density at radius 1 is 0.730 bits per heavy atom. The molecule has 460 valence electrons. The molecule has 4 aromatic carbocycles. The summed E-state index contributed by atoms with van der Waals surface area (Å²) in [6.45, 7) is 5.39. The maximum absolute atomic E-state index is 16.5. The third kappa shape index (κ3) is 14.5. The molecule has 89 heavy (non-hydrogen) atoms. The van der Waals surface area contributed by atoms with Crippen LogP contribution in [0.15, 0.2) is 146 Å². The number of aryl methyl sites for hydroxylation is 2. The standard InChI is InChI=1S/C34H32FN7O4.C24H24FN3O3.C5H9N3.C4H6/c1-45-30-9-3-2-8-25(30)27-16-26(22-6-5-13-40(19-22)31(43)10-14-42-15-12-37-39-42)32(35)33-28(27)17-29(38-33)34(44)41-20-24(21-41)46-23-7-4-11-36-18-23;1-31-21-7-3-2-6-17(21)19-12-18(23(25)24-20(19)11-16(14-29)27-24)15-5-4-10-28(13-15)22(30)8-9-26;1-6-5-3-4-7-8(5)2;1-4-2-3-4/h2-4,6-9,11-12,15-18,24,38H,5,10,13-14,19-21H2,1H3;2-3,5-7,11-12,14,27H,4,8-10,13,26H2,1H3;3-4,6H,1-2H3;2-4H,1H3. The van der Waals surface area contributed by atoms with Gasteiger partial charge in [-0.25, -0.2) is 8.78 Å². The summed E-state index contributed by atoms with van der Waals surface area (Å²) in [5, 5.41) is 15.8. The Morgan fingerprint density at radius 2 is 1.33 bits per heavy atom. The maximum Gasteiger partial charge on any atom is 0.270 e. The van der Waals surface area contributed by atoms with E-state index in [1.54, 1.807) is 99.6 Å². The number of amides is 3. The summed E-state index contributed by atoms with van der Waals surface area (Å²) < 4.78 is 52.6. The third-order valence-electron chi connectivity index (χ3n) is 15.7. The van der Waals surface area contributed by atoms with Gasteiger partial charge >= 0.3 is 0 Å². The Morgan fingerprint density at radius 3 is 1.83 bits per heavy atom. The van der Waals surface area contributed by atoms with Crippen LogP contribution in [0, 0.1) is 17.6 Å². The zero-order valence-corrected chi connectivity index (χ0v) is 50.3. The number of nitrogens with zero attached hydrogens (tertiary/aromatic N) is 9. The second-order valence-electron chi connectivity index (χ2n) is 21.7. The number of rotatable bonds is 16. The van der Waals surface area contributed by atoms with E-state index in [2.05, 4.69) is 54.8 Å². The molecule has 20 nitrogen and oxygen atoms in total. The third-order valence-corrected chi connectivity index (χ3v) is 15.7. The van der Waals surface area contributed by atoms with E-state index in [0.29, 0.717) is 109 Å². The fraction of sp³-hybridized carbons (Fsp3) is 0.284. The van der Waals surface area contributed by atoms with Crippen LogP contribution in [0.3, 0.4) is 0 Å². The van der Waals surface area contributed by atoms with E-state index in [4.69, 9.17) is 19.9 Å². The van der Waals surface area contributed by atoms with Gasteiger partial charge in [-0.05, 0) is 89.6 Å². The number of hydrogen-bond donors (Lipinski definition) is 4. The van der Waals surface area contributed by atoms with Gasteiger partial charge in [-0.1, -0.05) is 72.8 Å². The van der Waals surface area contributed by atoms with Crippen molar-refractivity contribution in [1.29, 1.82) is 0 Å². The highest BCUT2D eigenvalue weighted by Gasteiger charge is 2.35. The lowest BCUT2D eigenvalue weighted by atomic mass is 9.93. The molecule has 9 aromatic rings. The van der Waals surface area contributed by atoms with Gasteiger partial charge in [0.25, 0.3) is 5.91 Å². The van der Waals surface area contributed by atoms with Gasteiger partial charge in [0.15, 0.2) is 17.9 Å². The lowest BCUT2D eigenvalue weighted by Crippen LogP contribution is -2.56. The summed E-state index contributed by atoms with van der Waals surface area (Å²) in [5.41, 5.74) is 11.8. The molecule has 0 bridgehead atoms. The molecule has 1 aliphatic carbocycles. The van der Waals surface area contributed by atoms with Gasteiger partial charge < -0.3 is 49.9 Å². The molecule has 4 aliphatic rings. The number of benzene rings is 4. The Kier molecular flexibility index (Phi) is 19.8. The van der Waals surface area contributed by atoms with Gasteiger partial charge in [-0.15, -0.1) is 5.10 Å². The number of H-pyrrole nitrogens is 2. The smallest absolute Gasteiger partial charge is 0.270 e. The molecule has 3 aliphatic heterocycles. The van der Waals surface area contributed by atoms with E-state index in [1.165, 1.54) is 0 Å². The predicted octanol–water partition coefficient (Wildman–Crippen LogP) is 9.99. The summed E-state index contributed by atoms with van der Waals surface area (Å²) in [4.78, 5) is 65.5. The Balaban J connectivity index is 0.000000173. The molecule has 13 rings (SSSR count). The highest BCUT2D eigenvalue weighted by molar-refractivity contribution is 6.06. The fourth-order valence-corrected chi connectivity index (χ4v) is 10.9. The minimum absolute atomic E-state index is 0.0392. The van der Waals surface area contributed by atoms with Crippen LogP contribution < -0.4 is 25.3 Å². The van der Waals surface area contributed by atoms with Crippen molar-refractivity contribution in [2.45, 2.75) is 45.3 Å². The topological polar surface area (TPSA) is 237 Å². The van der Waals surface area contributed by atoms with Crippen LogP contribution in [0.1, 0.15) is 64.7 Å². The monoisotopic (exact) mass is 1210 g/mol. The number of likely N-dealkylation sites (tertiary alicyclic amines) is 1. The zero-order valence-electron chi connectivity index (χ0n) is 50.3. The van der Waals surface area contributed by atoms with Crippen LogP contribution in [-0.4, -0.2) is 152 Å². The number of methoxy groups -OCH3 is 2. The highest BCUT2D eigenvalue weighted by atomic mass is 19.1. The average molecular weight is 1210 g/mol. The maximum atomic E-state index is 16.5. The number of hydrogen-bond acceptors (Lipinski definition) is 13. The second kappa shape index (κ2) is 28.5. The van der Waals surface area contributed by atoms with Crippen LogP contribution in [0.4, 0.5) is 14.6 Å². The largest absolute Gasteiger partial charge is 0.496 e. The normalized spacial score (nSPS) is 14.4. The Hall–Kier alpha value is -10.2. The lowest BCUT2D eigenvalue weighted by Gasteiger charge is -2.38. The van der Waals surface area contributed by atoms with Crippen LogP contribution in [0.5, 0.6) is 17.2 Å². The van der Waals surface area contributed by atoms with Gasteiger partial charge in [-0.3, -0.25) is 33.5 Å². The van der Waals surface area contributed by atoms with Gasteiger partial charge in [0.05, 0.1) is 69.2 Å². The highest BCUT2D eigenvalue weighted by Crippen LogP contribution is 2.42. The quantitative estimate of drug-likeness (QED) is 0.0521. The van der Waals surface area contributed by atoms with Crippen molar-refractivity contribution in [2.24, 2.45) is 18.7 Å². The first-order chi connectivity index (χ1) is 43.3. The molecule has 5 aromatic heterocycles. The van der Waals surface area contributed by atoms with Crippen molar-refractivity contribution >= 4 is 62.8 Å². The van der Waals surface area contributed by atoms with Crippen LogP contribution in [0.2, 0.25) is 0 Å². The number of pyridine rings is 1. The van der Waals surface area contributed by atoms with Crippen molar-refractivity contribution in [3.8, 4) is 39.5 Å². The predicted molar refractivity (Wildman–Crippen MR) is 338 cm³/mol. The molecule has 0 unspecified atom stereocenters. The van der Waals surface area contributed by atoms with Gasteiger partial charge in [0.1, 0.15) is 34.9 Å². The number of ether oxygens (including phenoxy) is 3. The van der Waals surface area contributed by atoms with Crippen LogP contribution in [0.25, 0.3) is 55.2 Å². The number of halogens is 2. The van der Waals surface area contributed by atoms with E-state index in [9.17, 15) is 19.2 Å². The zero-order chi connectivity index (χ0) is 62.6. The summed E-state index contributed by atoms with van der Waals surface area (Å²) in [7, 11) is 6.94. The van der Waals surface area contributed by atoms with Crippen LogP contribution >= 0.6 is 0 Å². The van der Waals surface area contributed by atoms with Gasteiger partial charge in [-0.2, -0.15) is 5.10 Å². The minimum atomic E-state index is -0.475. The number of aldehydes is 1. The number of fused-ring (bicyclic) bond motifs is 2. The van der Waals surface area contributed by atoms with E-state index in [0.717, 1.165) is 39.6 Å². The van der Waals surface area contributed by atoms with E-state index in [1.807, 2.05) is 86.9 Å². The molecule has 0 spiro atoms. The fourth-order valence-electron chi connectivity index (χ4n) is 10.9. The number of aromatic amines is 2. The molecule has 8 heterocycles. The number of nitrogens with two attached hydrogens (primary N) is 1. The summed E-state index contributed by atoms with van der Waals surface area (Å²) in [6, 6.07) is 27.5. The van der Waals surface area contributed by atoms with E-state index >= 15 is 8.78 Å². The number of nitrogens with one attached hydrogen (secondary N) is 3. The van der Waals surface area contributed by atoms with E-state index in [-0.39, 0.29) is 66.5 Å². The molecule has 0 atom stereocenters. The second-order valence-corrected chi connectivity index (χ2v) is 21.7. The molecule has 0 saturated carbocycles. The molecular formula is C67H71F2N13O7. The van der Waals surface area contributed by atoms with E-state index < -0.39 is 11.6 Å². The number of anilines is 1. The first-order valence-electron chi connectivity index (χ1n) is 29.4. The number of aromatic nitrogens is 8. The van der Waals surface area contributed by atoms with Gasteiger partial charge in [0.2, 0.25) is 11.8 Å². The number of para-hydroxylation sites is 2. The molecule has 22 heteroatoms. The first-order valence-corrected chi connectivity index (χ1v) is 29.4. The molecule has 3 amide bonds. The van der Waals surface area contributed by atoms with Crippen LogP contribution in [-0.2, 0) is 23.2 Å². The average Bonchev–Trinajstić information content (AvgIpc) is 1.78. The lowest BCUT2D eigenvalue weighted by molar-refractivity contribution is -0.131. The minimum Gasteiger partial charge on any atom is -0.496 e. The van der Waals surface area contributed by atoms with Crippen molar-refractivity contribution in [3.05, 3.63) is 180 Å². The first kappa shape index (κ1) is 61.9. The summed E-state index contributed by atoms with van der Waals surface area (Å²) in [5.74, 6) is 2.54.